The summed E-state index contributed by atoms with van der Waals surface area (Å²) in [5.41, 5.74) is 3.19. The van der Waals surface area contributed by atoms with Crippen molar-refractivity contribution in [2.75, 3.05) is 27.0 Å². The molecule has 3 rings (SSSR count). The predicted molar refractivity (Wildman–Crippen MR) is 123 cm³/mol. The average Bonchev–Trinajstić information content (AvgIpc) is 3.05. The van der Waals surface area contributed by atoms with Crippen molar-refractivity contribution in [3.05, 3.63) is 64.7 Å². The molecular formula is C25H32N2O6. The standard InChI is InChI=1S/C25H32N2O6/c1-18-13-21(14-19(2)23(18)31-17-30-3)24(28)26-22-11-7-8-12-27(15-22)25(29)33-32-16-20-9-5-4-6-10-20/h4-6,9-10,13-14,22H,7-8,11-12,15-17H2,1-3H3,(H,26,28)/t22-/m1/s1. The van der Waals surface area contributed by atoms with E-state index in [0.717, 1.165) is 36.0 Å². The van der Waals surface area contributed by atoms with Crippen LogP contribution in [0.3, 0.4) is 0 Å². The number of likely N-dealkylation sites (tertiary alicyclic amines) is 1. The number of hydrogen-bond acceptors (Lipinski definition) is 6. The van der Waals surface area contributed by atoms with Crippen LogP contribution < -0.4 is 10.1 Å². The zero-order valence-corrected chi connectivity index (χ0v) is 19.5. The second kappa shape index (κ2) is 12.2. The molecule has 1 fully saturated rings. The summed E-state index contributed by atoms with van der Waals surface area (Å²) in [6, 6.07) is 12.9. The largest absolute Gasteiger partial charge is 0.467 e. The van der Waals surface area contributed by atoms with Crippen LogP contribution in [0.25, 0.3) is 0 Å². The maximum atomic E-state index is 12.9. The monoisotopic (exact) mass is 456 g/mol. The third-order valence-corrected chi connectivity index (χ3v) is 5.51. The first-order valence-electron chi connectivity index (χ1n) is 11.1. The molecule has 33 heavy (non-hydrogen) atoms. The molecule has 2 aromatic rings. The SMILES string of the molecule is COCOc1c(C)cc(C(=O)N[C@@H]2CCCCN(C(=O)OOCc3ccccc3)C2)cc1C. The van der Waals surface area contributed by atoms with Crippen LogP contribution in [0, 0.1) is 13.8 Å². The first-order chi connectivity index (χ1) is 16.0. The van der Waals surface area contributed by atoms with E-state index in [2.05, 4.69) is 5.32 Å². The van der Waals surface area contributed by atoms with Gasteiger partial charge < -0.3 is 19.7 Å². The van der Waals surface area contributed by atoms with Crippen molar-refractivity contribution in [2.24, 2.45) is 0 Å². The summed E-state index contributed by atoms with van der Waals surface area (Å²) in [7, 11) is 1.56. The van der Waals surface area contributed by atoms with E-state index in [0.29, 0.717) is 24.4 Å². The van der Waals surface area contributed by atoms with Crippen molar-refractivity contribution in [3.8, 4) is 5.75 Å². The zero-order chi connectivity index (χ0) is 23.6. The summed E-state index contributed by atoms with van der Waals surface area (Å²) in [6.07, 6.45) is 1.98. The lowest BCUT2D eigenvalue weighted by Crippen LogP contribution is -2.44. The molecule has 1 saturated heterocycles. The smallest absolute Gasteiger partial charge is 0.441 e. The van der Waals surface area contributed by atoms with Gasteiger partial charge in [-0.25, -0.2) is 4.79 Å². The molecule has 2 aromatic carbocycles. The van der Waals surface area contributed by atoms with Crippen LogP contribution >= 0.6 is 0 Å². The van der Waals surface area contributed by atoms with Gasteiger partial charge in [-0.15, -0.1) is 0 Å². The number of carbonyl (C=O) groups excluding carboxylic acids is 2. The number of methoxy groups -OCH3 is 1. The maximum Gasteiger partial charge on any atom is 0.441 e. The number of hydrogen-bond donors (Lipinski definition) is 1. The van der Waals surface area contributed by atoms with E-state index in [1.54, 1.807) is 24.1 Å². The molecule has 1 heterocycles. The molecule has 178 valence electrons. The molecule has 0 bridgehead atoms. The van der Waals surface area contributed by atoms with Crippen LogP contribution in [-0.4, -0.2) is 49.9 Å². The van der Waals surface area contributed by atoms with Crippen LogP contribution in [0.2, 0.25) is 0 Å². The molecule has 0 spiro atoms. The van der Waals surface area contributed by atoms with E-state index in [9.17, 15) is 9.59 Å². The molecule has 0 radical (unpaired) electrons. The number of carbonyl (C=O) groups is 2. The highest BCUT2D eigenvalue weighted by molar-refractivity contribution is 5.95. The topological polar surface area (TPSA) is 86.3 Å². The minimum absolute atomic E-state index is 0.149. The summed E-state index contributed by atoms with van der Waals surface area (Å²) in [5.74, 6) is 0.535. The lowest BCUT2D eigenvalue weighted by molar-refractivity contribution is -0.255. The Hall–Kier alpha value is -3.10. The summed E-state index contributed by atoms with van der Waals surface area (Å²) in [6.45, 7) is 5.05. The summed E-state index contributed by atoms with van der Waals surface area (Å²) in [4.78, 5) is 37.1. The summed E-state index contributed by atoms with van der Waals surface area (Å²) < 4.78 is 10.6. The Morgan fingerprint density at radius 2 is 1.82 bits per heavy atom. The summed E-state index contributed by atoms with van der Waals surface area (Å²) in [5, 5.41) is 3.06. The first kappa shape index (κ1) is 24.5. The molecular weight excluding hydrogens is 424 g/mol. The van der Waals surface area contributed by atoms with Crippen LogP contribution in [0.15, 0.2) is 42.5 Å². The van der Waals surface area contributed by atoms with Gasteiger partial charge in [0.2, 0.25) is 0 Å². The molecule has 1 aliphatic rings. The fraction of sp³-hybridized carbons (Fsp3) is 0.440. The van der Waals surface area contributed by atoms with Crippen molar-refractivity contribution < 1.29 is 28.8 Å². The second-order valence-corrected chi connectivity index (χ2v) is 8.20. The Morgan fingerprint density at radius 3 is 2.52 bits per heavy atom. The first-order valence-corrected chi connectivity index (χ1v) is 11.1. The lowest BCUT2D eigenvalue weighted by atomic mass is 10.0. The van der Waals surface area contributed by atoms with E-state index in [1.807, 2.05) is 44.2 Å². The van der Waals surface area contributed by atoms with E-state index >= 15 is 0 Å². The number of amides is 2. The molecule has 1 atom stereocenters. The van der Waals surface area contributed by atoms with E-state index in [1.165, 1.54) is 0 Å². The highest BCUT2D eigenvalue weighted by Gasteiger charge is 2.25. The van der Waals surface area contributed by atoms with Gasteiger partial charge in [-0.05, 0) is 61.9 Å². The van der Waals surface area contributed by atoms with Crippen molar-refractivity contribution in [1.29, 1.82) is 0 Å². The number of ether oxygens (including phenoxy) is 2. The third kappa shape index (κ3) is 7.20. The fourth-order valence-corrected chi connectivity index (χ4v) is 3.90. The molecule has 0 aliphatic carbocycles. The van der Waals surface area contributed by atoms with E-state index in [4.69, 9.17) is 19.2 Å². The van der Waals surface area contributed by atoms with E-state index in [-0.39, 0.29) is 25.3 Å². The number of aryl methyl sites for hydroxylation is 2. The molecule has 8 nitrogen and oxygen atoms in total. The Kier molecular flexibility index (Phi) is 9.09. The van der Waals surface area contributed by atoms with Crippen LogP contribution in [0.1, 0.15) is 46.3 Å². The van der Waals surface area contributed by atoms with Gasteiger partial charge in [-0.3, -0.25) is 9.68 Å². The molecule has 2 amide bonds. The van der Waals surface area contributed by atoms with Gasteiger partial charge in [-0.2, -0.15) is 4.89 Å². The fourth-order valence-electron chi connectivity index (χ4n) is 3.90. The van der Waals surface area contributed by atoms with Crippen molar-refractivity contribution in [2.45, 2.75) is 45.8 Å². The Balaban J connectivity index is 1.55. The third-order valence-electron chi connectivity index (χ3n) is 5.51. The van der Waals surface area contributed by atoms with Crippen LogP contribution in [-0.2, 0) is 21.1 Å². The molecule has 1 aliphatic heterocycles. The Labute approximate surface area is 194 Å². The van der Waals surface area contributed by atoms with Gasteiger partial charge in [0, 0.05) is 31.8 Å². The van der Waals surface area contributed by atoms with Gasteiger partial charge in [0.15, 0.2) is 6.79 Å². The minimum Gasteiger partial charge on any atom is -0.467 e. The van der Waals surface area contributed by atoms with Crippen molar-refractivity contribution in [3.63, 3.8) is 0 Å². The molecule has 1 N–H and O–H groups in total. The number of nitrogens with zero attached hydrogens (tertiary/aromatic N) is 1. The number of rotatable bonds is 8. The number of benzene rings is 2. The Bertz CT molecular complexity index is 911. The summed E-state index contributed by atoms with van der Waals surface area (Å²) >= 11 is 0. The average molecular weight is 457 g/mol. The van der Waals surface area contributed by atoms with E-state index < -0.39 is 6.09 Å². The molecule has 8 heteroatoms. The minimum atomic E-state index is -0.543. The molecule has 0 aromatic heterocycles. The van der Waals surface area contributed by atoms with Crippen LogP contribution in [0.5, 0.6) is 5.75 Å². The quantitative estimate of drug-likeness (QED) is 0.365. The van der Waals surface area contributed by atoms with Gasteiger partial charge in [-0.1, -0.05) is 30.3 Å². The molecule has 0 saturated carbocycles. The highest BCUT2D eigenvalue weighted by atomic mass is 17.2. The van der Waals surface area contributed by atoms with Gasteiger partial charge in [0.25, 0.3) is 5.91 Å². The van der Waals surface area contributed by atoms with Gasteiger partial charge in [0.05, 0.1) is 0 Å². The Morgan fingerprint density at radius 1 is 1.09 bits per heavy atom. The van der Waals surface area contributed by atoms with Crippen molar-refractivity contribution in [1.82, 2.24) is 10.2 Å². The van der Waals surface area contributed by atoms with Gasteiger partial charge in [0.1, 0.15) is 12.4 Å². The number of nitrogens with one attached hydrogen (secondary N) is 1. The van der Waals surface area contributed by atoms with Gasteiger partial charge >= 0.3 is 6.09 Å². The lowest BCUT2D eigenvalue weighted by Gasteiger charge is -2.24. The maximum absolute atomic E-state index is 12.9. The normalized spacial score (nSPS) is 16.1. The molecule has 0 unspecified atom stereocenters. The second-order valence-electron chi connectivity index (χ2n) is 8.20. The predicted octanol–water partition coefficient (Wildman–Crippen LogP) is 4.14. The van der Waals surface area contributed by atoms with Crippen molar-refractivity contribution >= 4 is 12.0 Å². The van der Waals surface area contributed by atoms with Crippen LogP contribution in [0.4, 0.5) is 4.79 Å². The highest BCUT2D eigenvalue weighted by Crippen LogP contribution is 2.25. The zero-order valence-electron chi connectivity index (χ0n) is 19.5.